The summed E-state index contributed by atoms with van der Waals surface area (Å²) in [5.74, 6) is -0.529. The molecule has 0 aromatic carbocycles. The first kappa shape index (κ1) is 12.1. The van der Waals surface area contributed by atoms with Crippen LogP contribution >= 0.6 is 0 Å². The summed E-state index contributed by atoms with van der Waals surface area (Å²) in [6, 6.07) is 0. The molecule has 0 aromatic rings. The lowest BCUT2D eigenvalue weighted by molar-refractivity contribution is -0.141. The van der Waals surface area contributed by atoms with Crippen LogP contribution in [-0.2, 0) is 9.53 Å². The second kappa shape index (κ2) is 4.71. The van der Waals surface area contributed by atoms with Gasteiger partial charge < -0.3 is 25.2 Å². The largest absolute Gasteiger partial charge is 0.461 e. The maximum atomic E-state index is 10.5. The van der Waals surface area contributed by atoms with Crippen molar-refractivity contribution in [3.63, 3.8) is 0 Å². The van der Waals surface area contributed by atoms with E-state index < -0.39 is 30.4 Å². The lowest BCUT2D eigenvalue weighted by Crippen LogP contribution is -2.49. The molecule has 1 aliphatic rings. The smallest absolute Gasteiger partial charge is 0.302 e. The van der Waals surface area contributed by atoms with Crippen molar-refractivity contribution in [3.8, 4) is 0 Å². The Morgan fingerprint density at radius 1 is 1.33 bits per heavy atom. The van der Waals surface area contributed by atoms with Gasteiger partial charge in [-0.1, -0.05) is 0 Å². The molecule has 0 aliphatic heterocycles. The highest BCUT2D eigenvalue weighted by Gasteiger charge is 2.36. The van der Waals surface area contributed by atoms with Crippen LogP contribution < -0.4 is 0 Å². The van der Waals surface area contributed by atoms with Gasteiger partial charge in [0.05, 0.1) is 0 Å². The molecule has 4 atom stereocenters. The summed E-state index contributed by atoms with van der Waals surface area (Å²) < 4.78 is 4.61. The van der Waals surface area contributed by atoms with E-state index in [1.807, 2.05) is 0 Å². The molecule has 4 unspecified atom stereocenters. The molecule has 6 heteroatoms. The molecule has 15 heavy (non-hydrogen) atoms. The summed E-state index contributed by atoms with van der Waals surface area (Å²) in [5.41, 5.74) is 0.176. The van der Waals surface area contributed by atoms with Crippen LogP contribution in [0.25, 0.3) is 0 Å². The van der Waals surface area contributed by atoms with E-state index in [-0.39, 0.29) is 12.2 Å². The van der Waals surface area contributed by atoms with Crippen LogP contribution in [0, 0.1) is 0 Å². The predicted molar refractivity (Wildman–Crippen MR) is 48.7 cm³/mol. The molecular formula is C9H14O6. The highest BCUT2D eigenvalue weighted by molar-refractivity contribution is 5.66. The normalized spacial score (nSPS) is 35.9. The minimum atomic E-state index is -1.48. The van der Waals surface area contributed by atoms with E-state index in [1.165, 1.54) is 13.0 Å². The van der Waals surface area contributed by atoms with Crippen molar-refractivity contribution in [1.82, 2.24) is 0 Å². The van der Waals surface area contributed by atoms with E-state index >= 15 is 0 Å². The molecular weight excluding hydrogens is 204 g/mol. The number of hydrogen-bond acceptors (Lipinski definition) is 6. The van der Waals surface area contributed by atoms with Crippen LogP contribution in [-0.4, -0.2) is 57.4 Å². The molecule has 0 fully saturated rings. The van der Waals surface area contributed by atoms with Crippen LogP contribution in [0.1, 0.15) is 6.92 Å². The highest BCUT2D eigenvalue weighted by Crippen LogP contribution is 2.20. The third-order valence-corrected chi connectivity index (χ3v) is 2.23. The molecule has 0 amide bonds. The minimum Gasteiger partial charge on any atom is -0.461 e. The second-order valence-corrected chi connectivity index (χ2v) is 3.44. The number of rotatable bonds is 2. The molecule has 0 heterocycles. The average Bonchev–Trinajstić information content (AvgIpc) is 2.18. The fraction of sp³-hybridized carbons (Fsp3) is 0.667. The van der Waals surface area contributed by atoms with Crippen molar-refractivity contribution >= 4 is 5.97 Å². The Labute approximate surface area is 86.4 Å². The zero-order valence-corrected chi connectivity index (χ0v) is 8.20. The standard InChI is InChI=1S/C9H14O6/c1-4(10)15-3-5-2-6(11)8(13)9(14)7(5)12/h2,6-9,11-14H,3H2,1H3. The number of carbonyl (C=O) groups is 1. The Bertz CT molecular complexity index is 274. The third kappa shape index (κ3) is 2.75. The number of carbonyl (C=O) groups excluding carboxylic acids is 1. The monoisotopic (exact) mass is 218 g/mol. The predicted octanol–water partition coefficient (Wildman–Crippen LogP) is -2.07. The fourth-order valence-electron chi connectivity index (χ4n) is 1.34. The van der Waals surface area contributed by atoms with Crippen molar-refractivity contribution in [2.24, 2.45) is 0 Å². The first-order valence-corrected chi connectivity index (χ1v) is 4.49. The summed E-state index contributed by atoms with van der Waals surface area (Å²) in [6.07, 6.45) is -4.33. The molecule has 0 saturated carbocycles. The van der Waals surface area contributed by atoms with Gasteiger partial charge in [0.1, 0.15) is 31.0 Å². The fourth-order valence-corrected chi connectivity index (χ4v) is 1.34. The quantitative estimate of drug-likeness (QED) is 0.313. The van der Waals surface area contributed by atoms with Crippen molar-refractivity contribution in [2.45, 2.75) is 31.3 Å². The lowest BCUT2D eigenvalue weighted by atomic mass is 9.90. The number of ether oxygens (including phenoxy) is 1. The van der Waals surface area contributed by atoms with Crippen LogP contribution in [0.5, 0.6) is 0 Å². The van der Waals surface area contributed by atoms with E-state index in [0.29, 0.717) is 0 Å². The zero-order valence-electron chi connectivity index (χ0n) is 8.20. The first-order valence-electron chi connectivity index (χ1n) is 4.49. The maximum Gasteiger partial charge on any atom is 0.302 e. The van der Waals surface area contributed by atoms with E-state index in [1.54, 1.807) is 0 Å². The van der Waals surface area contributed by atoms with Crippen molar-refractivity contribution in [1.29, 1.82) is 0 Å². The van der Waals surface area contributed by atoms with Crippen LogP contribution in [0.2, 0.25) is 0 Å². The summed E-state index contributed by atoms with van der Waals surface area (Å²) in [4.78, 5) is 10.5. The molecule has 0 spiro atoms. The van der Waals surface area contributed by atoms with Gasteiger partial charge in [-0.25, -0.2) is 0 Å². The van der Waals surface area contributed by atoms with Gasteiger partial charge in [-0.05, 0) is 11.6 Å². The summed E-state index contributed by atoms with van der Waals surface area (Å²) in [7, 11) is 0. The van der Waals surface area contributed by atoms with Gasteiger partial charge in [0.2, 0.25) is 0 Å². The van der Waals surface area contributed by atoms with E-state index in [2.05, 4.69) is 4.74 Å². The molecule has 1 aliphatic carbocycles. The van der Waals surface area contributed by atoms with Gasteiger partial charge in [0.25, 0.3) is 0 Å². The number of aliphatic hydroxyl groups is 4. The summed E-state index contributed by atoms with van der Waals surface area (Å²) in [5, 5.41) is 37.2. The van der Waals surface area contributed by atoms with Crippen molar-refractivity contribution in [3.05, 3.63) is 11.6 Å². The van der Waals surface area contributed by atoms with Gasteiger partial charge in [-0.2, -0.15) is 0 Å². The van der Waals surface area contributed by atoms with Crippen molar-refractivity contribution in [2.75, 3.05) is 6.61 Å². The van der Waals surface area contributed by atoms with E-state index in [0.717, 1.165) is 0 Å². The lowest BCUT2D eigenvalue weighted by Gasteiger charge is -2.31. The molecule has 6 nitrogen and oxygen atoms in total. The van der Waals surface area contributed by atoms with Gasteiger partial charge in [0, 0.05) is 6.92 Å². The summed E-state index contributed by atoms with van der Waals surface area (Å²) in [6.45, 7) is 0.995. The first-order chi connectivity index (χ1) is 6.93. The molecule has 0 radical (unpaired) electrons. The molecule has 1 rings (SSSR count). The Morgan fingerprint density at radius 2 is 1.93 bits per heavy atom. The Kier molecular flexibility index (Phi) is 3.81. The SMILES string of the molecule is CC(=O)OCC1=CC(O)C(O)C(O)C1O. The van der Waals surface area contributed by atoms with Gasteiger partial charge in [-0.15, -0.1) is 0 Å². The Hall–Kier alpha value is -0.950. The van der Waals surface area contributed by atoms with E-state index in [4.69, 9.17) is 0 Å². The third-order valence-electron chi connectivity index (χ3n) is 2.23. The molecule has 0 bridgehead atoms. The van der Waals surface area contributed by atoms with Gasteiger partial charge in [-0.3, -0.25) is 4.79 Å². The minimum absolute atomic E-state index is 0.176. The maximum absolute atomic E-state index is 10.5. The van der Waals surface area contributed by atoms with Crippen LogP contribution in [0.15, 0.2) is 11.6 Å². The second-order valence-electron chi connectivity index (χ2n) is 3.44. The molecule has 0 aromatic heterocycles. The topological polar surface area (TPSA) is 107 Å². The van der Waals surface area contributed by atoms with Crippen LogP contribution in [0.4, 0.5) is 0 Å². The molecule has 4 N–H and O–H groups in total. The van der Waals surface area contributed by atoms with Gasteiger partial charge >= 0.3 is 5.97 Å². The van der Waals surface area contributed by atoms with Crippen LogP contribution in [0.3, 0.4) is 0 Å². The molecule has 86 valence electrons. The number of esters is 1. The zero-order chi connectivity index (χ0) is 11.6. The van der Waals surface area contributed by atoms with Gasteiger partial charge in [0.15, 0.2) is 0 Å². The summed E-state index contributed by atoms with van der Waals surface area (Å²) >= 11 is 0. The number of aliphatic hydroxyl groups excluding tert-OH is 4. The van der Waals surface area contributed by atoms with Crippen molar-refractivity contribution < 1.29 is 30.0 Å². The Morgan fingerprint density at radius 3 is 2.47 bits per heavy atom. The Balaban J connectivity index is 2.70. The average molecular weight is 218 g/mol. The number of hydrogen-bond donors (Lipinski definition) is 4. The van der Waals surface area contributed by atoms with E-state index in [9.17, 15) is 25.2 Å². The highest BCUT2D eigenvalue weighted by atomic mass is 16.5. The molecule has 0 saturated heterocycles.